The van der Waals surface area contributed by atoms with E-state index in [1.54, 1.807) is 0 Å². The topological polar surface area (TPSA) is 52.6 Å². The molecular formula is C16H32O4. The molecule has 0 aliphatic carbocycles. The van der Waals surface area contributed by atoms with Crippen LogP contribution in [-0.2, 0) is 19.1 Å². The fraction of sp³-hybridized carbons (Fsp3) is 0.875. The molecule has 0 N–H and O–H groups in total. The van der Waals surface area contributed by atoms with Gasteiger partial charge in [-0.25, -0.2) is 0 Å². The van der Waals surface area contributed by atoms with Crippen molar-refractivity contribution in [2.45, 2.75) is 78.6 Å². The Morgan fingerprint density at radius 2 is 1.25 bits per heavy atom. The maximum atomic E-state index is 10.7. The van der Waals surface area contributed by atoms with Gasteiger partial charge in [0.1, 0.15) is 0 Å². The number of esters is 2. The van der Waals surface area contributed by atoms with E-state index in [0.29, 0.717) is 19.4 Å². The van der Waals surface area contributed by atoms with E-state index in [0.717, 1.165) is 32.1 Å². The van der Waals surface area contributed by atoms with Gasteiger partial charge in [-0.3, -0.25) is 9.59 Å². The molecule has 0 heterocycles. The number of ether oxygens (including phenoxy) is 2. The number of carbonyl (C=O) groups excluding carboxylic acids is 2. The number of hydrogen-bond acceptors (Lipinski definition) is 4. The van der Waals surface area contributed by atoms with Crippen LogP contribution in [-0.4, -0.2) is 25.7 Å². The molecule has 0 fully saturated rings. The molecule has 0 spiro atoms. The lowest BCUT2D eigenvalue weighted by atomic mass is 10.2. The summed E-state index contributed by atoms with van der Waals surface area (Å²) in [5.74, 6) is -0.146. The molecule has 0 aromatic heterocycles. The van der Waals surface area contributed by atoms with E-state index in [9.17, 15) is 9.59 Å². The van der Waals surface area contributed by atoms with Gasteiger partial charge in [-0.1, -0.05) is 46.0 Å². The van der Waals surface area contributed by atoms with Gasteiger partial charge < -0.3 is 9.47 Å². The van der Waals surface area contributed by atoms with Crippen LogP contribution in [0.3, 0.4) is 0 Å². The molecule has 0 aromatic carbocycles. The summed E-state index contributed by atoms with van der Waals surface area (Å²) in [5, 5.41) is 0. The van der Waals surface area contributed by atoms with Crippen molar-refractivity contribution in [3.63, 3.8) is 0 Å². The van der Waals surface area contributed by atoms with E-state index in [4.69, 9.17) is 4.74 Å². The summed E-state index contributed by atoms with van der Waals surface area (Å²) >= 11 is 0. The van der Waals surface area contributed by atoms with E-state index >= 15 is 0 Å². The first kappa shape index (κ1) is 21.2. The van der Waals surface area contributed by atoms with Crippen molar-refractivity contribution in [3.8, 4) is 0 Å². The van der Waals surface area contributed by atoms with Gasteiger partial charge in [0.2, 0.25) is 0 Å². The molecule has 4 heteroatoms. The maximum absolute atomic E-state index is 10.7. The first-order chi connectivity index (χ1) is 9.62. The van der Waals surface area contributed by atoms with Crippen molar-refractivity contribution in [1.82, 2.24) is 0 Å². The van der Waals surface area contributed by atoms with E-state index < -0.39 is 0 Å². The average molecular weight is 288 g/mol. The maximum Gasteiger partial charge on any atom is 0.305 e. The normalized spacial score (nSPS) is 9.40. The minimum Gasteiger partial charge on any atom is -0.469 e. The molecule has 0 aliphatic heterocycles. The summed E-state index contributed by atoms with van der Waals surface area (Å²) in [6, 6.07) is 0. The number of hydrogen-bond donors (Lipinski definition) is 0. The highest BCUT2D eigenvalue weighted by Gasteiger charge is 1.98. The van der Waals surface area contributed by atoms with Crippen LogP contribution in [0.15, 0.2) is 0 Å². The number of methoxy groups -OCH3 is 1. The van der Waals surface area contributed by atoms with Gasteiger partial charge in [-0.05, 0) is 19.8 Å². The highest BCUT2D eigenvalue weighted by Crippen LogP contribution is 2.02. The van der Waals surface area contributed by atoms with E-state index in [1.165, 1.54) is 20.0 Å². The zero-order valence-corrected chi connectivity index (χ0v) is 13.7. The number of rotatable bonds is 10. The third kappa shape index (κ3) is 19.3. The third-order valence-electron chi connectivity index (χ3n) is 2.75. The second-order valence-corrected chi connectivity index (χ2v) is 4.65. The van der Waals surface area contributed by atoms with Crippen LogP contribution in [0.4, 0.5) is 0 Å². The van der Waals surface area contributed by atoms with E-state index in [1.807, 2.05) is 6.92 Å². The quantitative estimate of drug-likeness (QED) is 0.445. The summed E-state index contributed by atoms with van der Waals surface area (Å²) < 4.78 is 9.24. The Morgan fingerprint density at radius 3 is 1.75 bits per heavy atom. The first-order valence-electron chi connectivity index (χ1n) is 7.84. The highest BCUT2D eigenvalue weighted by atomic mass is 16.5. The smallest absolute Gasteiger partial charge is 0.305 e. The predicted octanol–water partition coefficient (Wildman–Crippen LogP) is 4.26. The minimum absolute atomic E-state index is 0.0593. The summed E-state index contributed by atoms with van der Waals surface area (Å²) in [6.07, 6.45) is 8.95. The molecule has 0 aromatic rings. The Balaban J connectivity index is 0. The molecule has 0 saturated heterocycles. The van der Waals surface area contributed by atoms with Crippen molar-refractivity contribution in [2.75, 3.05) is 13.7 Å². The van der Waals surface area contributed by atoms with Crippen molar-refractivity contribution >= 4 is 11.9 Å². The number of unbranched alkanes of at least 4 members (excludes halogenated alkanes) is 5. The van der Waals surface area contributed by atoms with Crippen LogP contribution >= 0.6 is 0 Å². The molecule has 4 nitrogen and oxygen atoms in total. The Hall–Kier alpha value is -1.06. The van der Waals surface area contributed by atoms with Crippen LogP contribution in [0.5, 0.6) is 0 Å². The van der Waals surface area contributed by atoms with Crippen molar-refractivity contribution in [2.24, 2.45) is 0 Å². The standard InChI is InChI=1S/2C8H16O2/c1-3-4-5-6-7-8(9)10-2;1-3-5-6-7-8(9)10-4-2/h2*3-7H2,1-2H3. The van der Waals surface area contributed by atoms with Crippen LogP contribution in [0.1, 0.15) is 78.6 Å². The summed E-state index contributed by atoms with van der Waals surface area (Å²) in [5.41, 5.74) is 0. The van der Waals surface area contributed by atoms with Gasteiger partial charge in [0, 0.05) is 12.8 Å². The molecule has 20 heavy (non-hydrogen) atoms. The van der Waals surface area contributed by atoms with E-state index in [-0.39, 0.29) is 11.9 Å². The Kier molecular flexibility index (Phi) is 19.1. The van der Waals surface area contributed by atoms with Crippen LogP contribution in [0, 0.1) is 0 Å². The van der Waals surface area contributed by atoms with Crippen LogP contribution in [0.25, 0.3) is 0 Å². The zero-order valence-electron chi connectivity index (χ0n) is 13.7. The van der Waals surface area contributed by atoms with Gasteiger partial charge in [0.15, 0.2) is 0 Å². The van der Waals surface area contributed by atoms with Gasteiger partial charge >= 0.3 is 11.9 Å². The second kappa shape index (κ2) is 17.9. The lowest BCUT2D eigenvalue weighted by Gasteiger charge is -1.99. The monoisotopic (exact) mass is 288 g/mol. The fourth-order valence-corrected chi connectivity index (χ4v) is 1.55. The molecule has 0 bridgehead atoms. The lowest BCUT2D eigenvalue weighted by Crippen LogP contribution is -2.02. The van der Waals surface area contributed by atoms with Gasteiger partial charge in [0.05, 0.1) is 13.7 Å². The molecule has 120 valence electrons. The number of carbonyl (C=O) groups is 2. The average Bonchev–Trinajstić information content (AvgIpc) is 2.44. The lowest BCUT2D eigenvalue weighted by molar-refractivity contribution is -0.143. The highest BCUT2D eigenvalue weighted by molar-refractivity contribution is 5.69. The molecule has 0 saturated carbocycles. The first-order valence-corrected chi connectivity index (χ1v) is 7.84. The Bertz CT molecular complexity index is 227. The zero-order chi connectivity index (χ0) is 15.6. The Morgan fingerprint density at radius 1 is 0.750 bits per heavy atom. The van der Waals surface area contributed by atoms with Crippen molar-refractivity contribution in [3.05, 3.63) is 0 Å². The minimum atomic E-state index is -0.0869. The molecule has 0 aliphatic rings. The molecule has 0 radical (unpaired) electrons. The molecule has 0 unspecified atom stereocenters. The van der Waals surface area contributed by atoms with Crippen LogP contribution < -0.4 is 0 Å². The third-order valence-corrected chi connectivity index (χ3v) is 2.75. The van der Waals surface area contributed by atoms with E-state index in [2.05, 4.69) is 18.6 Å². The van der Waals surface area contributed by atoms with Crippen LogP contribution in [0.2, 0.25) is 0 Å². The van der Waals surface area contributed by atoms with Crippen molar-refractivity contribution in [1.29, 1.82) is 0 Å². The Labute approximate surface area is 124 Å². The molecule has 0 amide bonds. The van der Waals surface area contributed by atoms with Gasteiger partial charge in [-0.2, -0.15) is 0 Å². The summed E-state index contributed by atoms with van der Waals surface area (Å²) in [6.45, 7) is 6.60. The van der Waals surface area contributed by atoms with Gasteiger partial charge in [0.25, 0.3) is 0 Å². The fourth-order valence-electron chi connectivity index (χ4n) is 1.55. The van der Waals surface area contributed by atoms with Gasteiger partial charge in [-0.15, -0.1) is 0 Å². The largest absolute Gasteiger partial charge is 0.469 e. The second-order valence-electron chi connectivity index (χ2n) is 4.65. The SMILES string of the molecule is CCCCCC(=O)OCC.CCCCCCC(=O)OC. The summed E-state index contributed by atoms with van der Waals surface area (Å²) in [7, 11) is 1.43. The molecule has 0 atom stereocenters. The predicted molar refractivity (Wildman–Crippen MR) is 81.6 cm³/mol. The van der Waals surface area contributed by atoms with Crippen molar-refractivity contribution < 1.29 is 19.1 Å². The molecular weight excluding hydrogens is 256 g/mol. The summed E-state index contributed by atoms with van der Waals surface area (Å²) in [4.78, 5) is 21.2. The molecule has 0 rings (SSSR count).